The number of rotatable bonds is 48. The lowest BCUT2D eigenvalue weighted by atomic mass is 10.0. The number of carboxylic acid groups (broad SMARTS) is 1. The molecule has 62 heavy (non-hydrogen) atoms. The minimum Gasteiger partial charge on any atom is -0.544 e. The summed E-state index contributed by atoms with van der Waals surface area (Å²) in [5, 5.41) is 11.7. The zero-order valence-corrected chi connectivity index (χ0v) is 41.6. The van der Waals surface area contributed by atoms with E-state index in [4.69, 9.17) is 14.2 Å². The molecule has 364 valence electrons. The molecule has 0 aromatic rings. The molecule has 0 radical (unpaired) electrons. The second-order valence-corrected chi connectivity index (χ2v) is 19.1. The maximum Gasteiger partial charge on any atom is 0.306 e. The number of hydrogen-bond acceptors (Lipinski definition) is 7. The molecule has 0 rings (SSSR count). The number of quaternary nitrogens is 1. The molecule has 0 saturated carbocycles. The molecule has 0 saturated heterocycles. The summed E-state index contributed by atoms with van der Waals surface area (Å²) in [5.41, 5.74) is 0. The number of esters is 2. The first kappa shape index (κ1) is 59.8. The average molecular weight is 876 g/mol. The first-order valence-electron chi connectivity index (χ1n) is 26.4. The van der Waals surface area contributed by atoms with E-state index in [2.05, 4.69) is 38.2 Å². The van der Waals surface area contributed by atoms with Crippen LogP contribution in [0.4, 0.5) is 0 Å². The van der Waals surface area contributed by atoms with Crippen LogP contribution < -0.4 is 5.11 Å². The second-order valence-electron chi connectivity index (χ2n) is 19.1. The number of nitrogens with zero attached hydrogens (tertiary/aromatic N) is 1. The van der Waals surface area contributed by atoms with Crippen LogP contribution in [-0.2, 0) is 28.6 Å². The third-order valence-electron chi connectivity index (χ3n) is 12.1. The summed E-state index contributed by atoms with van der Waals surface area (Å²) in [4.78, 5) is 37.0. The molecule has 0 N–H and O–H groups in total. The van der Waals surface area contributed by atoms with Crippen LogP contribution in [0.25, 0.3) is 0 Å². The largest absolute Gasteiger partial charge is 0.544 e. The van der Waals surface area contributed by atoms with Gasteiger partial charge >= 0.3 is 11.9 Å². The third kappa shape index (κ3) is 43.1. The van der Waals surface area contributed by atoms with E-state index in [9.17, 15) is 19.5 Å². The Kier molecular flexibility index (Phi) is 43.8. The molecule has 8 heteroatoms. The van der Waals surface area contributed by atoms with Crippen molar-refractivity contribution in [3.63, 3.8) is 0 Å². The zero-order chi connectivity index (χ0) is 45.6. The highest BCUT2D eigenvalue weighted by molar-refractivity contribution is 5.70. The highest BCUT2D eigenvalue weighted by Gasteiger charge is 2.25. The van der Waals surface area contributed by atoms with Gasteiger partial charge in [0.15, 0.2) is 6.10 Å². The van der Waals surface area contributed by atoms with Crippen LogP contribution in [0.15, 0.2) is 24.3 Å². The molecule has 0 fully saturated rings. The number of aliphatic carboxylic acids is 1. The van der Waals surface area contributed by atoms with Gasteiger partial charge < -0.3 is 28.6 Å². The summed E-state index contributed by atoms with van der Waals surface area (Å²) in [6, 6.07) is -0.725. The van der Waals surface area contributed by atoms with Gasteiger partial charge in [-0.1, -0.05) is 212 Å². The van der Waals surface area contributed by atoms with Gasteiger partial charge in [0.1, 0.15) is 12.6 Å². The van der Waals surface area contributed by atoms with Gasteiger partial charge in [-0.25, -0.2) is 0 Å². The minimum atomic E-state index is -1.12. The molecule has 2 atom stereocenters. The zero-order valence-electron chi connectivity index (χ0n) is 41.6. The molecule has 0 aliphatic rings. The van der Waals surface area contributed by atoms with Gasteiger partial charge in [-0.3, -0.25) is 9.59 Å². The maximum absolute atomic E-state index is 12.8. The summed E-state index contributed by atoms with van der Waals surface area (Å²) >= 11 is 0. The Morgan fingerprint density at radius 1 is 0.484 bits per heavy atom. The molecule has 0 aliphatic carbocycles. The molecular formula is C54H101NO7. The van der Waals surface area contributed by atoms with E-state index in [0.29, 0.717) is 12.8 Å². The second kappa shape index (κ2) is 45.4. The topological polar surface area (TPSA) is 102 Å². The number of ether oxygens (including phenoxy) is 3. The Labute approximate surface area is 383 Å². The summed E-state index contributed by atoms with van der Waals surface area (Å²) in [5.74, 6) is -1.73. The van der Waals surface area contributed by atoms with Crippen LogP contribution in [-0.4, -0.2) is 75.5 Å². The summed E-state index contributed by atoms with van der Waals surface area (Å²) in [7, 11) is 5.42. The maximum atomic E-state index is 12.8. The van der Waals surface area contributed by atoms with Crippen molar-refractivity contribution >= 4 is 17.9 Å². The Morgan fingerprint density at radius 3 is 1.24 bits per heavy atom. The standard InChI is InChI=1S/C54H101NO7/c1-6-8-10-12-14-16-18-20-22-24-25-26-27-28-29-31-33-35-37-39-41-43-45-53(57)62-50(48-60-47-46-51(54(58)59)55(3,4)5)49-61-52(56)44-42-40-38-36-34-32-30-23-21-19-17-15-13-11-9-7-2/h24-25,27-28,50-51H,6-23,26,29-49H2,1-5H3/b25-24+,28-27+. The van der Waals surface area contributed by atoms with E-state index < -0.39 is 18.1 Å². The van der Waals surface area contributed by atoms with Crippen molar-refractivity contribution in [1.82, 2.24) is 0 Å². The fraction of sp³-hybridized carbons (Fsp3) is 0.870. The van der Waals surface area contributed by atoms with Crippen LogP contribution in [0.3, 0.4) is 0 Å². The Balaban J connectivity index is 4.22. The minimum absolute atomic E-state index is 0.0419. The lowest BCUT2D eigenvalue weighted by Crippen LogP contribution is -2.55. The van der Waals surface area contributed by atoms with Gasteiger partial charge in [-0.05, 0) is 44.9 Å². The first-order valence-corrected chi connectivity index (χ1v) is 26.4. The Morgan fingerprint density at radius 2 is 0.855 bits per heavy atom. The number of unbranched alkanes of at least 4 members (excludes halogenated alkanes) is 30. The number of carboxylic acids is 1. The number of carbonyl (C=O) groups excluding carboxylic acids is 3. The number of likely N-dealkylation sites (N-methyl/N-ethyl adjacent to an activating group) is 1. The van der Waals surface area contributed by atoms with E-state index in [1.54, 1.807) is 0 Å². The van der Waals surface area contributed by atoms with E-state index in [-0.39, 0.29) is 42.7 Å². The van der Waals surface area contributed by atoms with E-state index >= 15 is 0 Å². The lowest BCUT2D eigenvalue weighted by Gasteiger charge is -2.34. The van der Waals surface area contributed by atoms with Crippen molar-refractivity contribution in [2.24, 2.45) is 0 Å². The Hall–Kier alpha value is -2.19. The fourth-order valence-corrected chi connectivity index (χ4v) is 7.99. The van der Waals surface area contributed by atoms with Crippen molar-refractivity contribution in [2.45, 2.75) is 264 Å². The van der Waals surface area contributed by atoms with Crippen LogP contribution >= 0.6 is 0 Å². The monoisotopic (exact) mass is 876 g/mol. The molecule has 0 aromatic carbocycles. The van der Waals surface area contributed by atoms with Gasteiger partial charge in [0, 0.05) is 19.3 Å². The first-order chi connectivity index (χ1) is 30.1. The van der Waals surface area contributed by atoms with Crippen molar-refractivity contribution < 1.29 is 38.2 Å². The smallest absolute Gasteiger partial charge is 0.306 e. The predicted molar refractivity (Wildman–Crippen MR) is 259 cm³/mol. The van der Waals surface area contributed by atoms with Crippen molar-refractivity contribution in [3.05, 3.63) is 24.3 Å². The van der Waals surface area contributed by atoms with E-state index in [1.807, 2.05) is 21.1 Å². The van der Waals surface area contributed by atoms with Gasteiger partial charge in [0.25, 0.3) is 0 Å². The fourth-order valence-electron chi connectivity index (χ4n) is 7.99. The molecule has 0 spiro atoms. The molecule has 0 heterocycles. The normalized spacial score (nSPS) is 13.0. The van der Waals surface area contributed by atoms with Crippen LogP contribution in [0.5, 0.6) is 0 Å². The molecule has 2 unspecified atom stereocenters. The highest BCUT2D eigenvalue weighted by Crippen LogP contribution is 2.16. The van der Waals surface area contributed by atoms with Gasteiger partial charge in [-0.2, -0.15) is 0 Å². The van der Waals surface area contributed by atoms with Crippen LogP contribution in [0.2, 0.25) is 0 Å². The molecule has 0 bridgehead atoms. The molecule has 0 aromatic heterocycles. The predicted octanol–water partition coefficient (Wildman–Crippen LogP) is 13.9. The van der Waals surface area contributed by atoms with E-state index in [1.165, 1.54) is 167 Å². The third-order valence-corrected chi connectivity index (χ3v) is 12.1. The SMILES string of the molecule is CCCCCCCCCC/C=C/C/C=C/CCCCCCCCCC(=O)OC(COCCC(C(=O)[O-])[N+](C)(C)C)COC(=O)CCCCCCCCCCCCCCCCCC. The summed E-state index contributed by atoms with van der Waals surface area (Å²) < 4.78 is 17.3. The number of carbonyl (C=O) groups is 3. The summed E-state index contributed by atoms with van der Waals surface area (Å²) in [6.45, 7) is 4.69. The van der Waals surface area contributed by atoms with Gasteiger partial charge in [-0.15, -0.1) is 0 Å². The van der Waals surface area contributed by atoms with Gasteiger partial charge in [0.05, 0.1) is 40.3 Å². The van der Waals surface area contributed by atoms with Gasteiger partial charge in [0.2, 0.25) is 0 Å². The molecule has 0 amide bonds. The van der Waals surface area contributed by atoms with Crippen LogP contribution in [0, 0.1) is 0 Å². The van der Waals surface area contributed by atoms with Crippen molar-refractivity contribution in [3.8, 4) is 0 Å². The van der Waals surface area contributed by atoms with Crippen molar-refractivity contribution in [2.75, 3.05) is 41.0 Å². The molecule has 0 aliphatic heterocycles. The average Bonchev–Trinajstić information content (AvgIpc) is 3.23. The van der Waals surface area contributed by atoms with Crippen LogP contribution in [0.1, 0.15) is 251 Å². The summed E-state index contributed by atoms with van der Waals surface area (Å²) in [6.07, 6.45) is 52.1. The highest BCUT2D eigenvalue weighted by atomic mass is 16.6. The number of hydrogen-bond donors (Lipinski definition) is 0. The van der Waals surface area contributed by atoms with E-state index in [0.717, 1.165) is 51.4 Å². The van der Waals surface area contributed by atoms with Crippen molar-refractivity contribution in [1.29, 1.82) is 0 Å². The molecular weight excluding hydrogens is 775 g/mol. The lowest BCUT2D eigenvalue weighted by molar-refractivity contribution is -0.889. The molecule has 8 nitrogen and oxygen atoms in total. The Bertz CT molecular complexity index is 1070. The number of allylic oxidation sites excluding steroid dienone is 4. The quantitative estimate of drug-likeness (QED) is 0.0260.